The van der Waals surface area contributed by atoms with Gasteiger partial charge in [0.25, 0.3) is 12.0 Å². The number of H-pyrrole nitrogens is 1. The second-order valence-electron chi connectivity index (χ2n) is 6.30. The van der Waals surface area contributed by atoms with Crippen molar-refractivity contribution < 1.29 is 36.8 Å². The molecule has 3 heterocycles. The molecule has 0 radical (unpaired) electrons. The molecule has 27 heavy (non-hydrogen) atoms. The van der Waals surface area contributed by atoms with E-state index < -0.39 is 67.3 Å². The smallest absolute Gasteiger partial charge is 0.386 e. The number of nitrogens with zero attached hydrogens (tertiary/aromatic N) is 1. The van der Waals surface area contributed by atoms with Gasteiger partial charge in [0.05, 0.1) is 12.7 Å². The highest BCUT2D eigenvalue weighted by Gasteiger charge is 2.67. The molecule has 2 aliphatic rings. The van der Waals surface area contributed by atoms with Gasteiger partial charge >= 0.3 is 13.5 Å². The lowest BCUT2D eigenvalue weighted by atomic mass is 9.96. The second kappa shape index (κ2) is 7.03. The fourth-order valence-corrected chi connectivity index (χ4v) is 4.62. The zero-order valence-corrected chi connectivity index (χ0v) is 15.7. The highest BCUT2D eigenvalue weighted by atomic mass is 35.5. The Hall–Kier alpha value is -1.14. The number of ether oxygens (including phenoxy) is 1. The number of hydrogen-bond acceptors (Lipinski definition) is 8. The van der Waals surface area contributed by atoms with Crippen LogP contribution in [0.3, 0.4) is 0 Å². The third kappa shape index (κ3) is 3.51. The Balaban J connectivity index is 2.01. The summed E-state index contributed by atoms with van der Waals surface area (Å²) in [6.45, 7) is 2.12. The number of fused-ring (bicyclic) bond motifs is 1. The number of nitrogens with one attached hydrogen (secondary N) is 1. The Morgan fingerprint density at radius 3 is 2.74 bits per heavy atom. The van der Waals surface area contributed by atoms with E-state index in [4.69, 9.17) is 29.9 Å². The van der Waals surface area contributed by atoms with Crippen molar-refractivity contribution >= 4 is 19.4 Å². The molecule has 2 aliphatic heterocycles. The predicted molar refractivity (Wildman–Crippen MR) is 85.8 cm³/mol. The zero-order valence-electron chi connectivity index (χ0n) is 14.0. The largest absolute Gasteiger partial charge is 0.475 e. The van der Waals surface area contributed by atoms with E-state index in [1.807, 2.05) is 4.98 Å². The van der Waals surface area contributed by atoms with Crippen LogP contribution < -0.4 is 11.2 Å². The maximum Gasteiger partial charge on any atom is 0.475 e. The molecule has 2 fully saturated rings. The summed E-state index contributed by atoms with van der Waals surface area (Å²) in [5.74, 6) is 0. The third-order valence-electron chi connectivity index (χ3n) is 4.02. The van der Waals surface area contributed by atoms with Crippen LogP contribution in [0.2, 0.25) is 5.02 Å². The van der Waals surface area contributed by atoms with Crippen molar-refractivity contribution in [1.29, 1.82) is 0 Å². The zero-order chi connectivity index (χ0) is 20.1. The highest BCUT2D eigenvalue weighted by molar-refractivity contribution is 7.48. The summed E-state index contributed by atoms with van der Waals surface area (Å²) in [6.07, 6.45) is -8.43. The van der Waals surface area contributed by atoms with Gasteiger partial charge in [0.1, 0.15) is 17.2 Å². The molecular formula is C13H16ClF2N2O8P. The lowest BCUT2D eigenvalue weighted by Crippen LogP contribution is -2.56. The molecule has 10 nitrogen and oxygen atoms in total. The Labute approximate surface area is 155 Å². The number of aromatic nitrogens is 2. The SMILES string of the molecule is CC(C)OP1(=O)OCC2(C(F)F)OC(n3cc(Cl)c(=O)[nH]c3=O)C(O)C2O1. The molecule has 3 rings (SSSR count). The lowest BCUT2D eigenvalue weighted by Gasteiger charge is -2.39. The summed E-state index contributed by atoms with van der Waals surface area (Å²) in [7, 11) is -4.25. The first-order chi connectivity index (χ1) is 12.5. The molecule has 5 unspecified atom stereocenters. The Morgan fingerprint density at radius 1 is 1.48 bits per heavy atom. The number of halogens is 3. The number of aliphatic hydroxyl groups is 1. The van der Waals surface area contributed by atoms with Crippen LogP contribution >= 0.6 is 19.4 Å². The van der Waals surface area contributed by atoms with E-state index in [1.165, 1.54) is 13.8 Å². The molecule has 0 bridgehead atoms. The van der Waals surface area contributed by atoms with Crippen molar-refractivity contribution in [2.45, 2.75) is 50.4 Å². The molecule has 14 heteroatoms. The van der Waals surface area contributed by atoms with Crippen molar-refractivity contribution in [2.75, 3.05) is 6.61 Å². The molecule has 1 aromatic heterocycles. The first kappa shape index (κ1) is 20.6. The first-order valence-corrected chi connectivity index (χ1v) is 9.59. The minimum absolute atomic E-state index is 0.433. The normalized spacial score (nSPS) is 36.4. The Bertz CT molecular complexity index is 892. The number of rotatable bonds is 4. The van der Waals surface area contributed by atoms with Crippen LogP contribution in [0.25, 0.3) is 0 Å². The van der Waals surface area contributed by atoms with Crippen LogP contribution in [0.5, 0.6) is 0 Å². The summed E-state index contributed by atoms with van der Waals surface area (Å²) in [5, 5.41) is 10.1. The molecule has 5 atom stereocenters. The fraction of sp³-hybridized carbons (Fsp3) is 0.692. The van der Waals surface area contributed by atoms with Crippen molar-refractivity contribution in [1.82, 2.24) is 9.55 Å². The number of alkyl halides is 2. The van der Waals surface area contributed by atoms with Crippen LogP contribution in [0.4, 0.5) is 8.78 Å². The molecule has 1 aromatic rings. The van der Waals surface area contributed by atoms with Gasteiger partial charge in [0.2, 0.25) is 0 Å². The van der Waals surface area contributed by atoms with Gasteiger partial charge in [0, 0.05) is 6.20 Å². The van der Waals surface area contributed by atoms with Gasteiger partial charge < -0.3 is 9.84 Å². The lowest BCUT2D eigenvalue weighted by molar-refractivity contribution is -0.208. The van der Waals surface area contributed by atoms with Gasteiger partial charge in [0.15, 0.2) is 11.8 Å². The average Bonchev–Trinajstić information content (AvgIpc) is 2.84. The van der Waals surface area contributed by atoms with E-state index in [0.717, 1.165) is 6.20 Å². The molecule has 2 saturated heterocycles. The molecule has 0 spiro atoms. The topological polar surface area (TPSA) is 129 Å². The minimum Gasteiger partial charge on any atom is -0.386 e. The summed E-state index contributed by atoms with van der Waals surface area (Å²) in [6, 6.07) is 0. The summed E-state index contributed by atoms with van der Waals surface area (Å²) in [5.41, 5.74) is -4.47. The first-order valence-electron chi connectivity index (χ1n) is 7.75. The van der Waals surface area contributed by atoms with Gasteiger partial charge in [-0.15, -0.1) is 0 Å². The van der Waals surface area contributed by atoms with Gasteiger partial charge in [-0.3, -0.25) is 27.9 Å². The van der Waals surface area contributed by atoms with E-state index in [9.17, 15) is 28.0 Å². The maximum atomic E-state index is 13.8. The van der Waals surface area contributed by atoms with Crippen LogP contribution in [0.15, 0.2) is 15.8 Å². The third-order valence-corrected chi connectivity index (χ3v) is 5.90. The Morgan fingerprint density at radius 2 is 2.15 bits per heavy atom. The monoisotopic (exact) mass is 432 g/mol. The molecule has 152 valence electrons. The standard InChI is InChI=1S/C13H16ClF2N2O8P/c1-5(2)25-27(22)23-4-13(11(15)16)8(26-27)7(19)10(24-13)18-3-6(14)9(20)17-12(18)21/h3,5,7-8,10-11,19H,4H2,1-2H3,(H,17,20,21). The molecule has 0 aromatic carbocycles. The van der Waals surface area contributed by atoms with Crippen LogP contribution in [-0.4, -0.2) is 51.6 Å². The Kier molecular flexibility index (Phi) is 5.36. The highest BCUT2D eigenvalue weighted by Crippen LogP contribution is 2.61. The van der Waals surface area contributed by atoms with Crippen LogP contribution in [0, 0.1) is 0 Å². The molecule has 0 saturated carbocycles. The molecule has 2 N–H and O–H groups in total. The number of hydrogen-bond donors (Lipinski definition) is 2. The molecule has 0 aliphatic carbocycles. The quantitative estimate of drug-likeness (QED) is 0.675. The predicted octanol–water partition coefficient (Wildman–Crippen LogP) is 1.03. The second-order valence-corrected chi connectivity index (χ2v) is 8.28. The van der Waals surface area contributed by atoms with Gasteiger partial charge in [-0.2, -0.15) is 0 Å². The fourth-order valence-electron chi connectivity index (χ4n) is 2.84. The van der Waals surface area contributed by atoms with E-state index in [-0.39, 0.29) is 0 Å². The number of phosphoric acid groups is 1. The molecule has 0 amide bonds. The number of aliphatic hydroxyl groups excluding tert-OH is 1. The average molecular weight is 433 g/mol. The summed E-state index contributed by atoms with van der Waals surface area (Å²) >= 11 is 5.66. The summed E-state index contributed by atoms with van der Waals surface area (Å²) < 4.78 is 60.9. The van der Waals surface area contributed by atoms with E-state index in [1.54, 1.807) is 0 Å². The van der Waals surface area contributed by atoms with Crippen LogP contribution in [-0.2, 0) is 22.9 Å². The van der Waals surface area contributed by atoms with E-state index >= 15 is 0 Å². The number of phosphoric ester groups is 1. The van der Waals surface area contributed by atoms with Crippen LogP contribution in [0.1, 0.15) is 20.1 Å². The van der Waals surface area contributed by atoms with E-state index in [0.29, 0.717) is 4.57 Å². The minimum atomic E-state index is -4.25. The van der Waals surface area contributed by atoms with Crippen molar-refractivity contribution in [2.24, 2.45) is 0 Å². The van der Waals surface area contributed by atoms with Crippen molar-refractivity contribution in [3.8, 4) is 0 Å². The van der Waals surface area contributed by atoms with Gasteiger partial charge in [-0.25, -0.2) is 18.1 Å². The molecular weight excluding hydrogens is 417 g/mol. The van der Waals surface area contributed by atoms with Gasteiger partial charge in [-0.05, 0) is 13.8 Å². The summed E-state index contributed by atoms with van der Waals surface area (Å²) in [4.78, 5) is 25.2. The van der Waals surface area contributed by atoms with Crippen molar-refractivity contribution in [3.05, 3.63) is 32.1 Å². The van der Waals surface area contributed by atoms with Gasteiger partial charge in [-0.1, -0.05) is 11.6 Å². The van der Waals surface area contributed by atoms with Crippen molar-refractivity contribution in [3.63, 3.8) is 0 Å². The number of aromatic amines is 1. The van der Waals surface area contributed by atoms with E-state index in [2.05, 4.69) is 0 Å². The maximum absolute atomic E-state index is 13.8.